The van der Waals surface area contributed by atoms with Crippen molar-refractivity contribution in [2.45, 2.75) is 52.2 Å². The third-order valence-corrected chi connectivity index (χ3v) is 3.14. The highest BCUT2D eigenvalue weighted by molar-refractivity contribution is 5.74. The minimum absolute atomic E-state index is 0.0139. The van der Waals surface area contributed by atoms with E-state index < -0.39 is 0 Å². The normalized spacial score (nSPS) is 21.6. The molecule has 1 heterocycles. The van der Waals surface area contributed by atoms with E-state index in [4.69, 9.17) is 0 Å². The van der Waals surface area contributed by atoms with Gasteiger partial charge in [-0.05, 0) is 39.0 Å². The number of likely N-dealkylation sites (tertiary alicyclic amines) is 1. The average molecular weight is 228 g/mol. The molecule has 1 fully saturated rings. The van der Waals surface area contributed by atoms with E-state index in [2.05, 4.69) is 12.2 Å². The van der Waals surface area contributed by atoms with E-state index in [-0.39, 0.29) is 18.2 Å². The Morgan fingerprint density at radius 2 is 2.00 bits per heavy atom. The molecule has 0 bridgehead atoms. The summed E-state index contributed by atoms with van der Waals surface area (Å²) in [5.41, 5.74) is 0. The number of nitrogens with one attached hydrogen (secondary N) is 1. The highest BCUT2D eigenvalue weighted by atomic mass is 16.3. The average Bonchev–Trinajstić information content (AvgIpc) is 2.16. The van der Waals surface area contributed by atoms with Crippen LogP contribution in [-0.4, -0.2) is 41.3 Å². The van der Waals surface area contributed by atoms with Crippen molar-refractivity contribution in [1.29, 1.82) is 0 Å². The monoisotopic (exact) mass is 228 g/mol. The Bertz CT molecular complexity index is 223. The number of nitrogens with zero attached hydrogens (tertiary/aromatic N) is 1. The molecule has 1 saturated heterocycles. The highest BCUT2D eigenvalue weighted by Gasteiger charge is 2.21. The molecule has 0 saturated carbocycles. The molecule has 0 spiro atoms. The summed E-state index contributed by atoms with van der Waals surface area (Å²) in [6, 6.07) is 0.0481. The molecule has 2 atom stereocenters. The third-order valence-electron chi connectivity index (χ3n) is 3.14. The zero-order chi connectivity index (χ0) is 12.1. The van der Waals surface area contributed by atoms with Crippen LogP contribution in [0.4, 0.5) is 4.79 Å². The predicted octanol–water partition coefficient (Wildman–Crippen LogP) is 1.59. The van der Waals surface area contributed by atoms with Crippen molar-refractivity contribution in [2.24, 2.45) is 5.92 Å². The summed E-state index contributed by atoms with van der Waals surface area (Å²) in [4.78, 5) is 13.7. The zero-order valence-electron chi connectivity index (χ0n) is 10.6. The number of piperidine rings is 1. The maximum absolute atomic E-state index is 11.8. The van der Waals surface area contributed by atoms with Gasteiger partial charge in [-0.2, -0.15) is 0 Å². The minimum atomic E-state index is -0.364. The Balaban J connectivity index is 2.29. The SMILES string of the molecule is CC(O)CC(C)NC(=O)N1CCC(C)CC1. The van der Waals surface area contributed by atoms with Crippen LogP contribution in [0.25, 0.3) is 0 Å². The maximum Gasteiger partial charge on any atom is 0.317 e. The third kappa shape index (κ3) is 4.39. The Kier molecular flexibility index (Phi) is 5.06. The first-order chi connectivity index (χ1) is 7.49. The minimum Gasteiger partial charge on any atom is -0.393 e. The number of carbonyl (C=O) groups excluding carboxylic acids is 1. The first-order valence-corrected chi connectivity index (χ1v) is 6.22. The van der Waals surface area contributed by atoms with E-state index in [0.29, 0.717) is 6.42 Å². The van der Waals surface area contributed by atoms with Crippen LogP contribution in [0.3, 0.4) is 0 Å². The first kappa shape index (κ1) is 13.3. The topological polar surface area (TPSA) is 52.6 Å². The van der Waals surface area contributed by atoms with Gasteiger partial charge >= 0.3 is 6.03 Å². The number of amides is 2. The lowest BCUT2D eigenvalue weighted by atomic mass is 10.00. The number of aliphatic hydroxyl groups is 1. The summed E-state index contributed by atoms with van der Waals surface area (Å²) in [5, 5.41) is 12.1. The summed E-state index contributed by atoms with van der Waals surface area (Å²) in [7, 11) is 0. The summed E-state index contributed by atoms with van der Waals surface area (Å²) >= 11 is 0. The lowest BCUT2D eigenvalue weighted by Gasteiger charge is -2.31. The molecule has 2 amide bonds. The van der Waals surface area contributed by atoms with Crippen LogP contribution in [0.15, 0.2) is 0 Å². The van der Waals surface area contributed by atoms with E-state index in [1.165, 1.54) is 0 Å². The van der Waals surface area contributed by atoms with Gasteiger partial charge in [-0.1, -0.05) is 6.92 Å². The molecule has 0 aliphatic carbocycles. The van der Waals surface area contributed by atoms with Crippen LogP contribution in [0, 0.1) is 5.92 Å². The van der Waals surface area contributed by atoms with E-state index >= 15 is 0 Å². The standard InChI is InChI=1S/C12H24N2O2/c1-9-4-6-14(7-5-9)12(16)13-10(2)8-11(3)15/h9-11,15H,4-8H2,1-3H3,(H,13,16). The number of rotatable bonds is 3. The van der Waals surface area contributed by atoms with E-state index in [1.807, 2.05) is 11.8 Å². The van der Waals surface area contributed by atoms with Gasteiger partial charge in [0, 0.05) is 19.1 Å². The summed E-state index contributed by atoms with van der Waals surface area (Å²) < 4.78 is 0. The van der Waals surface area contributed by atoms with Crippen LogP contribution >= 0.6 is 0 Å². The van der Waals surface area contributed by atoms with Gasteiger partial charge in [-0.3, -0.25) is 0 Å². The molecule has 4 nitrogen and oxygen atoms in total. The van der Waals surface area contributed by atoms with Gasteiger partial charge in [0.05, 0.1) is 6.10 Å². The summed E-state index contributed by atoms with van der Waals surface area (Å²) in [6.07, 6.45) is 2.43. The van der Waals surface area contributed by atoms with Gasteiger partial charge in [0.15, 0.2) is 0 Å². The fourth-order valence-electron chi connectivity index (χ4n) is 2.08. The van der Waals surface area contributed by atoms with Crippen LogP contribution in [0.1, 0.15) is 40.0 Å². The van der Waals surface area contributed by atoms with Gasteiger partial charge in [0.2, 0.25) is 0 Å². The van der Waals surface area contributed by atoms with E-state index in [9.17, 15) is 9.90 Å². The van der Waals surface area contributed by atoms with Crippen molar-refractivity contribution in [3.8, 4) is 0 Å². The number of urea groups is 1. The highest BCUT2D eigenvalue weighted by Crippen LogP contribution is 2.15. The molecular formula is C12H24N2O2. The molecular weight excluding hydrogens is 204 g/mol. The second-order valence-corrected chi connectivity index (χ2v) is 5.10. The molecule has 0 aromatic heterocycles. The molecule has 2 unspecified atom stereocenters. The Morgan fingerprint density at radius 1 is 1.44 bits per heavy atom. The number of aliphatic hydroxyl groups excluding tert-OH is 1. The molecule has 16 heavy (non-hydrogen) atoms. The molecule has 2 N–H and O–H groups in total. The van der Waals surface area contributed by atoms with Gasteiger partial charge in [-0.25, -0.2) is 4.79 Å². The zero-order valence-corrected chi connectivity index (χ0v) is 10.6. The van der Waals surface area contributed by atoms with Crippen molar-refractivity contribution < 1.29 is 9.90 Å². The molecule has 4 heteroatoms. The van der Waals surface area contributed by atoms with Gasteiger partial charge in [0.1, 0.15) is 0 Å². The Hall–Kier alpha value is -0.770. The molecule has 94 valence electrons. The van der Waals surface area contributed by atoms with Gasteiger partial charge in [-0.15, -0.1) is 0 Å². The molecule has 1 aliphatic heterocycles. The molecule has 0 aromatic rings. The largest absolute Gasteiger partial charge is 0.393 e. The lowest BCUT2D eigenvalue weighted by Crippen LogP contribution is -2.47. The maximum atomic E-state index is 11.8. The molecule has 1 aliphatic rings. The van der Waals surface area contributed by atoms with Gasteiger partial charge in [0.25, 0.3) is 0 Å². The van der Waals surface area contributed by atoms with Crippen molar-refractivity contribution in [1.82, 2.24) is 10.2 Å². The van der Waals surface area contributed by atoms with Crippen molar-refractivity contribution in [2.75, 3.05) is 13.1 Å². The van der Waals surface area contributed by atoms with Crippen LogP contribution in [0.5, 0.6) is 0 Å². The van der Waals surface area contributed by atoms with Crippen LogP contribution in [-0.2, 0) is 0 Å². The molecule has 1 rings (SSSR count). The first-order valence-electron chi connectivity index (χ1n) is 6.22. The van der Waals surface area contributed by atoms with E-state index in [1.54, 1.807) is 6.92 Å². The second kappa shape index (κ2) is 6.09. The quantitative estimate of drug-likeness (QED) is 0.770. The number of hydrogen-bond acceptors (Lipinski definition) is 2. The number of hydrogen-bond donors (Lipinski definition) is 2. The van der Waals surface area contributed by atoms with Crippen LogP contribution in [0.2, 0.25) is 0 Å². The summed E-state index contributed by atoms with van der Waals surface area (Å²) in [5.74, 6) is 0.735. The molecule has 0 aromatic carbocycles. The fourth-order valence-corrected chi connectivity index (χ4v) is 2.08. The van der Waals surface area contributed by atoms with E-state index in [0.717, 1.165) is 31.8 Å². The van der Waals surface area contributed by atoms with Crippen molar-refractivity contribution >= 4 is 6.03 Å². The Labute approximate surface area is 98.0 Å². The summed E-state index contributed by atoms with van der Waals surface area (Å²) in [6.45, 7) is 7.61. The Morgan fingerprint density at radius 3 is 2.50 bits per heavy atom. The number of carbonyl (C=O) groups is 1. The fraction of sp³-hybridized carbons (Fsp3) is 0.917. The van der Waals surface area contributed by atoms with Crippen molar-refractivity contribution in [3.63, 3.8) is 0 Å². The van der Waals surface area contributed by atoms with Crippen molar-refractivity contribution in [3.05, 3.63) is 0 Å². The predicted molar refractivity (Wildman–Crippen MR) is 64.3 cm³/mol. The van der Waals surface area contributed by atoms with Gasteiger partial charge < -0.3 is 15.3 Å². The van der Waals surface area contributed by atoms with Crippen LogP contribution < -0.4 is 5.32 Å². The smallest absolute Gasteiger partial charge is 0.317 e. The molecule has 0 radical (unpaired) electrons. The lowest BCUT2D eigenvalue weighted by molar-refractivity contribution is 0.155. The second-order valence-electron chi connectivity index (χ2n) is 5.10.